The van der Waals surface area contributed by atoms with E-state index >= 15 is 0 Å². The number of para-hydroxylation sites is 1. The first kappa shape index (κ1) is 21.1. The van der Waals surface area contributed by atoms with E-state index in [1.165, 1.54) is 19.3 Å². The Morgan fingerprint density at radius 1 is 1.03 bits per heavy atom. The molecule has 5 fully saturated rings. The van der Waals surface area contributed by atoms with Gasteiger partial charge < -0.3 is 15.5 Å². The number of benzene rings is 1. The molecule has 7 nitrogen and oxygen atoms in total. The summed E-state index contributed by atoms with van der Waals surface area (Å²) in [6, 6.07) is 7.98. The molecule has 1 saturated heterocycles. The minimum absolute atomic E-state index is 0.0490. The Labute approximate surface area is 195 Å². The van der Waals surface area contributed by atoms with Gasteiger partial charge in [0.25, 0.3) is 5.91 Å². The molecule has 1 aromatic carbocycles. The van der Waals surface area contributed by atoms with Crippen LogP contribution in [0.5, 0.6) is 0 Å². The van der Waals surface area contributed by atoms with Crippen LogP contribution in [0.2, 0.25) is 0 Å². The van der Waals surface area contributed by atoms with Gasteiger partial charge in [0.05, 0.1) is 5.52 Å². The lowest BCUT2D eigenvalue weighted by Crippen LogP contribution is -2.56. The molecule has 176 valence electrons. The highest BCUT2D eigenvalue weighted by molar-refractivity contribution is 6.04. The fraction of sp³-hybridized carbons (Fsp3) is 0.654. The lowest BCUT2D eigenvalue weighted by molar-refractivity contribution is -0.147. The molecule has 2 aromatic rings. The molecular weight excluding hydrogens is 414 g/mol. The van der Waals surface area contributed by atoms with Crippen molar-refractivity contribution >= 4 is 22.7 Å². The van der Waals surface area contributed by atoms with E-state index in [0.29, 0.717) is 24.2 Å². The molecule has 0 radical (unpaired) electrons. The van der Waals surface area contributed by atoms with Crippen LogP contribution in [0.3, 0.4) is 0 Å². The fourth-order valence-corrected chi connectivity index (χ4v) is 7.58. The molecule has 1 aliphatic heterocycles. The first-order chi connectivity index (χ1) is 16.1. The molecule has 3 N–H and O–H groups in total. The molecule has 4 saturated carbocycles. The van der Waals surface area contributed by atoms with Crippen LogP contribution in [0.15, 0.2) is 24.3 Å². The van der Waals surface area contributed by atoms with Gasteiger partial charge in [-0.2, -0.15) is 5.10 Å². The summed E-state index contributed by atoms with van der Waals surface area (Å²) in [5.41, 5.74) is 1.28. The summed E-state index contributed by atoms with van der Waals surface area (Å²) in [6.45, 7) is 3.36. The summed E-state index contributed by atoms with van der Waals surface area (Å²) in [4.78, 5) is 28.2. The lowest BCUT2D eigenvalue weighted by Gasteiger charge is -2.56. The monoisotopic (exact) mass is 449 g/mol. The smallest absolute Gasteiger partial charge is 0.272 e. The first-order valence-electron chi connectivity index (χ1n) is 12.8. The van der Waals surface area contributed by atoms with Crippen LogP contribution in [-0.4, -0.2) is 59.1 Å². The molecule has 4 aliphatic carbocycles. The zero-order chi connectivity index (χ0) is 22.4. The summed E-state index contributed by atoms with van der Waals surface area (Å²) in [5.74, 6) is 2.64. The molecule has 5 aliphatic rings. The number of H-pyrrole nitrogens is 1. The summed E-state index contributed by atoms with van der Waals surface area (Å²) in [7, 11) is 0. The number of nitrogens with zero attached hydrogens (tertiary/aromatic N) is 2. The molecular formula is C26H35N5O2. The van der Waals surface area contributed by atoms with Gasteiger partial charge in [0.1, 0.15) is 0 Å². The van der Waals surface area contributed by atoms with Gasteiger partial charge in [-0.15, -0.1) is 0 Å². The van der Waals surface area contributed by atoms with Gasteiger partial charge in [0, 0.05) is 43.0 Å². The number of carbonyl (C=O) groups excluding carboxylic acids is 2. The van der Waals surface area contributed by atoms with Crippen molar-refractivity contribution in [2.75, 3.05) is 26.2 Å². The van der Waals surface area contributed by atoms with Gasteiger partial charge in [0.2, 0.25) is 5.91 Å². The number of carbonyl (C=O) groups is 2. The van der Waals surface area contributed by atoms with Crippen molar-refractivity contribution in [3.05, 3.63) is 30.0 Å². The second-order valence-corrected chi connectivity index (χ2v) is 11.2. The average Bonchev–Trinajstić information content (AvgIpc) is 3.24. The quantitative estimate of drug-likeness (QED) is 0.632. The number of fused-ring (bicyclic) bond motifs is 1. The van der Waals surface area contributed by atoms with Crippen LogP contribution in [0, 0.1) is 23.2 Å². The highest BCUT2D eigenvalue weighted by Gasteiger charge is 2.54. The Balaban J connectivity index is 0.952. The molecule has 7 heteroatoms. The van der Waals surface area contributed by atoms with Crippen molar-refractivity contribution < 1.29 is 9.59 Å². The number of hydrogen-bond donors (Lipinski definition) is 3. The van der Waals surface area contributed by atoms with E-state index in [1.807, 2.05) is 24.3 Å². The third-order valence-electron chi connectivity index (χ3n) is 8.84. The fourth-order valence-electron chi connectivity index (χ4n) is 7.58. The van der Waals surface area contributed by atoms with E-state index in [9.17, 15) is 9.59 Å². The lowest BCUT2D eigenvalue weighted by atomic mass is 9.49. The van der Waals surface area contributed by atoms with E-state index in [1.54, 1.807) is 0 Å². The van der Waals surface area contributed by atoms with Crippen molar-refractivity contribution in [2.24, 2.45) is 23.2 Å². The number of amides is 2. The Hall–Kier alpha value is -2.41. The van der Waals surface area contributed by atoms with E-state index in [0.717, 1.165) is 80.4 Å². The Morgan fingerprint density at radius 2 is 1.70 bits per heavy atom. The van der Waals surface area contributed by atoms with Crippen molar-refractivity contribution in [2.45, 2.75) is 57.4 Å². The Morgan fingerprint density at radius 3 is 2.39 bits per heavy atom. The van der Waals surface area contributed by atoms with Gasteiger partial charge in [-0.3, -0.25) is 14.7 Å². The molecule has 1 aromatic heterocycles. The molecule has 0 spiro atoms. The summed E-state index contributed by atoms with van der Waals surface area (Å²) in [5, 5.41) is 14.4. The van der Waals surface area contributed by atoms with Crippen LogP contribution in [-0.2, 0) is 4.79 Å². The average molecular weight is 450 g/mol. The zero-order valence-electron chi connectivity index (χ0n) is 19.3. The first-order valence-corrected chi connectivity index (χ1v) is 12.8. The van der Waals surface area contributed by atoms with E-state index in [2.05, 4.69) is 25.7 Å². The summed E-state index contributed by atoms with van der Waals surface area (Å²) >= 11 is 0. The molecule has 2 heterocycles. The van der Waals surface area contributed by atoms with E-state index in [4.69, 9.17) is 0 Å². The van der Waals surface area contributed by atoms with Crippen molar-refractivity contribution in [3.63, 3.8) is 0 Å². The highest BCUT2D eigenvalue weighted by Crippen LogP contribution is 2.60. The zero-order valence-corrected chi connectivity index (χ0v) is 19.3. The number of likely N-dealkylation sites (tertiary alicyclic amines) is 1. The topological polar surface area (TPSA) is 90.1 Å². The normalized spacial score (nSPS) is 31.7. The largest absolute Gasteiger partial charge is 0.353 e. The van der Waals surface area contributed by atoms with Gasteiger partial charge >= 0.3 is 0 Å². The van der Waals surface area contributed by atoms with Gasteiger partial charge in [-0.1, -0.05) is 18.2 Å². The predicted molar refractivity (Wildman–Crippen MR) is 127 cm³/mol. The van der Waals surface area contributed by atoms with E-state index < -0.39 is 0 Å². The number of nitrogens with one attached hydrogen (secondary N) is 3. The molecule has 0 unspecified atom stereocenters. The SMILES string of the molecule is O=C(NCCN1CCC(NC(=O)C23CC4CC(CC(C4)C2)C3)CC1)c1n[nH]c2ccccc12. The summed E-state index contributed by atoms with van der Waals surface area (Å²) in [6.07, 6.45) is 9.51. The van der Waals surface area contributed by atoms with Gasteiger partial charge in [-0.05, 0) is 75.2 Å². The van der Waals surface area contributed by atoms with Crippen LogP contribution in [0.25, 0.3) is 10.9 Å². The maximum atomic E-state index is 13.3. The molecule has 33 heavy (non-hydrogen) atoms. The van der Waals surface area contributed by atoms with Crippen LogP contribution >= 0.6 is 0 Å². The number of aromatic amines is 1. The minimum atomic E-state index is -0.134. The molecule has 4 bridgehead atoms. The Kier molecular flexibility index (Phi) is 5.40. The van der Waals surface area contributed by atoms with Crippen LogP contribution < -0.4 is 10.6 Å². The number of rotatable bonds is 6. The van der Waals surface area contributed by atoms with E-state index in [-0.39, 0.29) is 11.3 Å². The molecule has 0 atom stereocenters. The minimum Gasteiger partial charge on any atom is -0.353 e. The third-order valence-corrected chi connectivity index (χ3v) is 8.84. The number of piperidine rings is 1. The number of hydrogen-bond acceptors (Lipinski definition) is 4. The predicted octanol–water partition coefficient (Wildman–Crippen LogP) is 3.09. The van der Waals surface area contributed by atoms with Crippen LogP contribution in [0.4, 0.5) is 0 Å². The highest BCUT2D eigenvalue weighted by atomic mass is 16.2. The molecule has 2 amide bonds. The van der Waals surface area contributed by atoms with Gasteiger partial charge in [-0.25, -0.2) is 0 Å². The Bertz CT molecular complexity index is 1000. The number of aromatic nitrogens is 2. The van der Waals surface area contributed by atoms with Crippen molar-refractivity contribution in [1.29, 1.82) is 0 Å². The van der Waals surface area contributed by atoms with Gasteiger partial charge in [0.15, 0.2) is 5.69 Å². The maximum Gasteiger partial charge on any atom is 0.272 e. The molecule has 7 rings (SSSR count). The standard InChI is InChI=1S/C26H35N5O2/c32-24(23-21-3-1-2-4-22(21)29-30-23)27-7-10-31-8-5-20(6-9-31)28-25(33)26-14-17-11-18(15-26)13-19(12-17)16-26/h1-4,17-20H,5-16H2,(H,27,32)(H,28,33)(H,29,30). The maximum absolute atomic E-state index is 13.3. The second kappa shape index (κ2) is 8.42. The second-order valence-electron chi connectivity index (χ2n) is 11.2. The third kappa shape index (κ3) is 4.05. The van der Waals surface area contributed by atoms with Crippen molar-refractivity contribution in [3.8, 4) is 0 Å². The summed E-state index contributed by atoms with van der Waals surface area (Å²) < 4.78 is 0. The van der Waals surface area contributed by atoms with Crippen LogP contribution in [0.1, 0.15) is 61.9 Å². The van der Waals surface area contributed by atoms with Crippen molar-refractivity contribution in [1.82, 2.24) is 25.7 Å².